The molecule has 0 unspecified atom stereocenters. The van der Waals surface area contributed by atoms with Crippen molar-refractivity contribution in [2.45, 2.75) is 13.0 Å². The summed E-state index contributed by atoms with van der Waals surface area (Å²) in [5.41, 5.74) is 1.98. The Morgan fingerprint density at radius 1 is 1.09 bits per heavy atom. The van der Waals surface area contributed by atoms with Crippen molar-refractivity contribution in [1.82, 2.24) is 24.8 Å². The number of aryl methyl sites for hydroxylation is 1. The summed E-state index contributed by atoms with van der Waals surface area (Å²) in [5, 5.41) is 12.7. The van der Waals surface area contributed by atoms with Crippen LogP contribution >= 0.6 is 0 Å². The van der Waals surface area contributed by atoms with Crippen LogP contribution in [0, 0.1) is 6.92 Å². The smallest absolute Gasteiger partial charge is 0.178 e. The lowest BCUT2D eigenvalue weighted by atomic mass is 10.1. The fourth-order valence-electron chi connectivity index (χ4n) is 2.73. The summed E-state index contributed by atoms with van der Waals surface area (Å²) in [6, 6.07) is 8.52. The first-order chi connectivity index (χ1) is 10.7. The van der Waals surface area contributed by atoms with Crippen LogP contribution in [0.5, 0.6) is 0 Å². The van der Waals surface area contributed by atoms with Crippen LogP contribution in [0.25, 0.3) is 5.65 Å². The molecular weight excluding hydrogens is 278 g/mol. The zero-order valence-corrected chi connectivity index (χ0v) is 12.6. The largest absolute Gasteiger partial charge is 0.368 e. The predicted molar refractivity (Wildman–Crippen MR) is 84.2 cm³/mol. The lowest BCUT2D eigenvalue weighted by Crippen LogP contribution is -2.59. The van der Waals surface area contributed by atoms with E-state index in [-0.39, 0.29) is 0 Å². The number of aromatic nitrogens is 5. The van der Waals surface area contributed by atoms with Gasteiger partial charge in [0.1, 0.15) is 5.82 Å². The van der Waals surface area contributed by atoms with Crippen molar-refractivity contribution in [3.63, 3.8) is 0 Å². The Labute approximate surface area is 128 Å². The summed E-state index contributed by atoms with van der Waals surface area (Å²) in [4.78, 5) is 8.62. The maximum atomic E-state index is 4.61. The Balaban J connectivity index is 1.49. The molecule has 1 saturated heterocycles. The average Bonchev–Trinajstić information content (AvgIpc) is 2.88. The van der Waals surface area contributed by atoms with Crippen molar-refractivity contribution in [3.8, 4) is 0 Å². The molecule has 1 fully saturated rings. The van der Waals surface area contributed by atoms with E-state index in [1.54, 1.807) is 4.52 Å². The van der Waals surface area contributed by atoms with Crippen LogP contribution in [0.3, 0.4) is 0 Å². The molecule has 0 spiro atoms. The summed E-state index contributed by atoms with van der Waals surface area (Å²) in [6.07, 6.45) is 3.65. The predicted octanol–water partition coefficient (Wildman–Crippen LogP) is 1.15. The van der Waals surface area contributed by atoms with Crippen LogP contribution in [0.4, 0.5) is 11.5 Å². The number of pyridine rings is 1. The lowest BCUT2D eigenvalue weighted by molar-refractivity contribution is 0.489. The zero-order chi connectivity index (χ0) is 15.1. The van der Waals surface area contributed by atoms with Gasteiger partial charge in [0.2, 0.25) is 0 Å². The van der Waals surface area contributed by atoms with Crippen molar-refractivity contribution < 1.29 is 0 Å². The summed E-state index contributed by atoms with van der Waals surface area (Å²) >= 11 is 0. The average molecular weight is 295 g/mol. The standard InChI is InChI=1S/C15H17N7/c1-11-17-18-14-3-4-15(19-22(11)14)21-9-13(10-21)20(2)12-5-7-16-8-6-12/h3-8,13H,9-10H2,1-2H3. The molecular formula is C15H17N7. The van der Waals surface area contributed by atoms with E-state index in [4.69, 9.17) is 0 Å². The van der Waals surface area contributed by atoms with Crippen molar-refractivity contribution in [2.24, 2.45) is 0 Å². The van der Waals surface area contributed by atoms with E-state index in [2.05, 4.69) is 37.1 Å². The second-order valence-corrected chi connectivity index (χ2v) is 5.58. The molecule has 22 heavy (non-hydrogen) atoms. The first kappa shape index (κ1) is 13.0. The Morgan fingerprint density at radius 2 is 1.86 bits per heavy atom. The minimum atomic E-state index is 0.488. The summed E-state index contributed by atoms with van der Waals surface area (Å²) in [5.74, 6) is 1.78. The van der Waals surface area contributed by atoms with Gasteiger partial charge in [-0.05, 0) is 31.2 Å². The fraction of sp³-hybridized carbons (Fsp3) is 0.333. The molecule has 0 radical (unpaired) electrons. The first-order valence-corrected chi connectivity index (χ1v) is 7.29. The monoisotopic (exact) mass is 295 g/mol. The third-order valence-corrected chi connectivity index (χ3v) is 4.21. The number of likely N-dealkylation sites (N-methyl/N-ethyl adjacent to an activating group) is 1. The van der Waals surface area contributed by atoms with Crippen molar-refractivity contribution in [3.05, 3.63) is 42.5 Å². The highest BCUT2D eigenvalue weighted by atomic mass is 15.4. The highest BCUT2D eigenvalue weighted by Gasteiger charge is 2.31. The van der Waals surface area contributed by atoms with Crippen molar-refractivity contribution >= 4 is 17.2 Å². The van der Waals surface area contributed by atoms with E-state index in [1.165, 1.54) is 5.69 Å². The van der Waals surface area contributed by atoms with Gasteiger partial charge in [0.05, 0.1) is 6.04 Å². The van der Waals surface area contributed by atoms with E-state index < -0.39 is 0 Å². The molecule has 4 heterocycles. The van der Waals surface area contributed by atoms with Crippen LogP contribution in [0.1, 0.15) is 5.82 Å². The van der Waals surface area contributed by atoms with Gasteiger partial charge in [-0.3, -0.25) is 4.98 Å². The summed E-state index contributed by atoms with van der Waals surface area (Å²) in [6.45, 7) is 3.82. The van der Waals surface area contributed by atoms with Gasteiger partial charge in [0.25, 0.3) is 0 Å². The maximum Gasteiger partial charge on any atom is 0.178 e. The molecule has 0 N–H and O–H groups in total. The molecule has 4 rings (SSSR count). The van der Waals surface area contributed by atoms with Crippen LogP contribution in [0.2, 0.25) is 0 Å². The lowest BCUT2D eigenvalue weighted by Gasteiger charge is -2.45. The number of anilines is 2. The van der Waals surface area contributed by atoms with E-state index in [1.807, 2.05) is 43.6 Å². The number of hydrogen-bond donors (Lipinski definition) is 0. The van der Waals surface area contributed by atoms with E-state index in [0.717, 1.165) is 30.4 Å². The molecule has 112 valence electrons. The molecule has 7 nitrogen and oxygen atoms in total. The van der Waals surface area contributed by atoms with E-state index in [9.17, 15) is 0 Å². The van der Waals surface area contributed by atoms with Crippen LogP contribution in [0.15, 0.2) is 36.7 Å². The van der Waals surface area contributed by atoms with Gasteiger partial charge in [-0.25, -0.2) is 0 Å². The second kappa shape index (κ2) is 4.94. The highest BCUT2D eigenvalue weighted by Crippen LogP contribution is 2.24. The Bertz CT molecular complexity index is 792. The molecule has 0 saturated carbocycles. The third kappa shape index (κ3) is 2.05. The molecule has 0 amide bonds. The molecule has 1 aliphatic heterocycles. The van der Waals surface area contributed by atoms with Gasteiger partial charge in [0.15, 0.2) is 11.5 Å². The maximum absolute atomic E-state index is 4.61. The van der Waals surface area contributed by atoms with Crippen molar-refractivity contribution in [1.29, 1.82) is 0 Å². The minimum absolute atomic E-state index is 0.488. The SMILES string of the molecule is Cc1nnc2ccc(N3CC(N(C)c4ccncc4)C3)nn12. The Hall–Kier alpha value is -2.70. The molecule has 0 aromatic carbocycles. The number of rotatable bonds is 3. The van der Waals surface area contributed by atoms with Gasteiger partial charge < -0.3 is 9.80 Å². The van der Waals surface area contributed by atoms with Crippen molar-refractivity contribution in [2.75, 3.05) is 29.9 Å². The minimum Gasteiger partial charge on any atom is -0.368 e. The van der Waals surface area contributed by atoms with Gasteiger partial charge in [-0.2, -0.15) is 4.52 Å². The number of nitrogens with zero attached hydrogens (tertiary/aromatic N) is 7. The summed E-state index contributed by atoms with van der Waals surface area (Å²) in [7, 11) is 2.12. The van der Waals surface area contributed by atoms with Gasteiger partial charge in [0, 0.05) is 38.2 Å². The Kier molecular flexibility index (Phi) is 2.92. The third-order valence-electron chi connectivity index (χ3n) is 4.21. The molecule has 7 heteroatoms. The van der Waals surface area contributed by atoms with E-state index in [0.29, 0.717) is 6.04 Å². The summed E-state index contributed by atoms with van der Waals surface area (Å²) < 4.78 is 1.79. The van der Waals surface area contributed by atoms with E-state index >= 15 is 0 Å². The topological polar surface area (TPSA) is 62.5 Å². The number of fused-ring (bicyclic) bond motifs is 1. The van der Waals surface area contributed by atoms with Crippen LogP contribution < -0.4 is 9.80 Å². The van der Waals surface area contributed by atoms with Crippen LogP contribution in [-0.4, -0.2) is 51.0 Å². The fourth-order valence-corrected chi connectivity index (χ4v) is 2.73. The Morgan fingerprint density at radius 3 is 2.64 bits per heavy atom. The molecule has 0 atom stereocenters. The normalized spacial score (nSPS) is 15.1. The van der Waals surface area contributed by atoms with Crippen LogP contribution in [-0.2, 0) is 0 Å². The molecule has 0 bridgehead atoms. The quantitative estimate of drug-likeness (QED) is 0.722. The molecule has 1 aliphatic rings. The number of hydrogen-bond acceptors (Lipinski definition) is 6. The first-order valence-electron chi connectivity index (χ1n) is 7.29. The second-order valence-electron chi connectivity index (χ2n) is 5.58. The molecule has 3 aromatic rings. The highest BCUT2D eigenvalue weighted by molar-refractivity contribution is 5.52. The van der Waals surface area contributed by atoms with Gasteiger partial charge in [-0.1, -0.05) is 0 Å². The van der Waals surface area contributed by atoms with Gasteiger partial charge in [-0.15, -0.1) is 15.3 Å². The molecule has 0 aliphatic carbocycles. The zero-order valence-electron chi connectivity index (χ0n) is 12.6. The van der Waals surface area contributed by atoms with Gasteiger partial charge >= 0.3 is 0 Å². The molecule has 3 aromatic heterocycles.